The third-order valence-electron chi connectivity index (χ3n) is 5.01. The van der Waals surface area contributed by atoms with Crippen LogP contribution in [0.2, 0.25) is 0 Å². The SMILES string of the molecule is CCNC(=NCC1CCCN(C)C1c1cccs1)NCCc1csc(C)n1.I. The predicted octanol–water partition coefficient (Wildman–Crippen LogP) is 4.31. The van der Waals surface area contributed by atoms with Crippen LogP contribution in [0, 0.1) is 12.8 Å². The average molecular weight is 534 g/mol. The lowest BCUT2D eigenvalue weighted by Crippen LogP contribution is -2.40. The van der Waals surface area contributed by atoms with Gasteiger partial charge in [0.2, 0.25) is 0 Å². The molecule has 0 radical (unpaired) electrons. The number of piperidine rings is 1. The molecule has 3 rings (SSSR count). The smallest absolute Gasteiger partial charge is 0.191 e. The minimum atomic E-state index is 0. The van der Waals surface area contributed by atoms with Crippen LogP contribution in [0.25, 0.3) is 0 Å². The van der Waals surface area contributed by atoms with E-state index >= 15 is 0 Å². The molecule has 0 spiro atoms. The molecule has 8 heteroatoms. The van der Waals surface area contributed by atoms with E-state index in [1.54, 1.807) is 11.3 Å². The van der Waals surface area contributed by atoms with Gasteiger partial charge in [-0.05, 0) is 57.6 Å². The molecule has 2 N–H and O–H groups in total. The van der Waals surface area contributed by atoms with E-state index in [1.165, 1.54) is 24.3 Å². The van der Waals surface area contributed by atoms with Gasteiger partial charge in [0.1, 0.15) is 0 Å². The molecule has 1 aliphatic heterocycles. The lowest BCUT2D eigenvalue weighted by atomic mass is 9.88. The highest BCUT2D eigenvalue weighted by Gasteiger charge is 2.31. The van der Waals surface area contributed by atoms with E-state index in [2.05, 4.69) is 64.3 Å². The Labute approximate surface area is 194 Å². The Morgan fingerprint density at radius 2 is 2.21 bits per heavy atom. The summed E-state index contributed by atoms with van der Waals surface area (Å²) in [6.45, 7) is 7.93. The maximum atomic E-state index is 4.92. The molecule has 1 saturated heterocycles. The minimum Gasteiger partial charge on any atom is -0.357 e. The molecule has 0 aliphatic carbocycles. The number of likely N-dealkylation sites (tertiary alicyclic amines) is 1. The van der Waals surface area contributed by atoms with Crippen LogP contribution in [0.1, 0.15) is 41.4 Å². The van der Waals surface area contributed by atoms with Crippen LogP contribution in [0.5, 0.6) is 0 Å². The Bertz CT molecular complexity index is 716. The molecule has 0 saturated carbocycles. The lowest BCUT2D eigenvalue weighted by Gasteiger charge is -2.38. The van der Waals surface area contributed by atoms with Crippen LogP contribution in [0.3, 0.4) is 0 Å². The molecule has 2 aromatic heterocycles. The molecule has 0 bridgehead atoms. The third-order valence-corrected chi connectivity index (χ3v) is 6.78. The largest absolute Gasteiger partial charge is 0.357 e. The Balaban J connectivity index is 0.00000280. The highest BCUT2D eigenvalue weighted by atomic mass is 127. The van der Waals surface area contributed by atoms with Crippen LogP contribution in [0.4, 0.5) is 0 Å². The van der Waals surface area contributed by atoms with Crippen LogP contribution < -0.4 is 10.6 Å². The molecular formula is C20H32IN5S2. The fraction of sp³-hybridized carbons (Fsp3) is 0.600. The number of hydrogen-bond donors (Lipinski definition) is 2. The van der Waals surface area contributed by atoms with E-state index < -0.39 is 0 Å². The van der Waals surface area contributed by atoms with E-state index in [1.807, 2.05) is 11.3 Å². The molecular weight excluding hydrogens is 501 g/mol. The van der Waals surface area contributed by atoms with Gasteiger partial charge in [0.25, 0.3) is 0 Å². The van der Waals surface area contributed by atoms with Crippen molar-refractivity contribution >= 4 is 52.6 Å². The van der Waals surface area contributed by atoms with E-state index in [4.69, 9.17) is 4.99 Å². The van der Waals surface area contributed by atoms with Gasteiger partial charge in [-0.15, -0.1) is 46.7 Å². The Morgan fingerprint density at radius 1 is 1.36 bits per heavy atom. The van der Waals surface area contributed by atoms with Crippen LogP contribution in [-0.4, -0.2) is 49.1 Å². The van der Waals surface area contributed by atoms with Crippen molar-refractivity contribution in [3.05, 3.63) is 38.5 Å². The normalized spacial score (nSPS) is 20.6. The van der Waals surface area contributed by atoms with Gasteiger partial charge in [0.15, 0.2) is 5.96 Å². The van der Waals surface area contributed by atoms with Gasteiger partial charge in [-0.2, -0.15) is 0 Å². The number of halogens is 1. The Kier molecular flexibility index (Phi) is 10.2. The number of thiazole rings is 1. The zero-order valence-electron chi connectivity index (χ0n) is 17.0. The number of nitrogens with one attached hydrogen (secondary N) is 2. The maximum absolute atomic E-state index is 4.92. The minimum absolute atomic E-state index is 0. The highest BCUT2D eigenvalue weighted by molar-refractivity contribution is 14.0. The monoisotopic (exact) mass is 533 g/mol. The molecule has 2 aromatic rings. The summed E-state index contributed by atoms with van der Waals surface area (Å²) in [6, 6.07) is 4.92. The number of aromatic nitrogens is 1. The Morgan fingerprint density at radius 3 is 2.89 bits per heavy atom. The fourth-order valence-corrected chi connectivity index (χ4v) is 5.37. The van der Waals surface area contributed by atoms with E-state index in [0.29, 0.717) is 12.0 Å². The third kappa shape index (κ3) is 6.67. The number of rotatable bonds is 7. The van der Waals surface area contributed by atoms with Crippen molar-refractivity contribution < 1.29 is 0 Å². The van der Waals surface area contributed by atoms with Crippen LogP contribution >= 0.6 is 46.7 Å². The topological polar surface area (TPSA) is 52.6 Å². The number of guanidine groups is 1. The Hall–Kier alpha value is -0.710. The zero-order valence-corrected chi connectivity index (χ0v) is 20.9. The molecule has 28 heavy (non-hydrogen) atoms. The first-order valence-corrected chi connectivity index (χ1v) is 11.6. The first-order valence-electron chi connectivity index (χ1n) is 9.84. The summed E-state index contributed by atoms with van der Waals surface area (Å²) in [5, 5.41) is 12.3. The van der Waals surface area contributed by atoms with Crippen LogP contribution in [0.15, 0.2) is 27.9 Å². The van der Waals surface area contributed by atoms with E-state index in [0.717, 1.165) is 42.7 Å². The molecule has 3 heterocycles. The van der Waals surface area contributed by atoms with Crippen molar-refractivity contribution in [1.82, 2.24) is 20.5 Å². The first-order chi connectivity index (χ1) is 13.2. The molecule has 1 fully saturated rings. The van der Waals surface area contributed by atoms with Crippen molar-refractivity contribution in [2.75, 3.05) is 33.2 Å². The second-order valence-corrected chi connectivity index (χ2v) is 9.14. The fourth-order valence-electron chi connectivity index (χ4n) is 3.74. The van der Waals surface area contributed by atoms with Crippen LogP contribution in [-0.2, 0) is 6.42 Å². The number of hydrogen-bond acceptors (Lipinski definition) is 5. The number of thiophene rings is 1. The van der Waals surface area contributed by atoms with Crippen molar-refractivity contribution in [3.8, 4) is 0 Å². The molecule has 5 nitrogen and oxygen atoms in total. The quantitative estimate of drug-likeness (QED) is 0.317. The standard InChI is InChI=1S/C20H31N5S2.HI/c1-4-21-20(22-10-9-17-14-27-15(2)24-17)23-13-16-7-5-11-25(3)19(16)18-8-6-12-26-18;/h6,8,12,14,16,19H,4-5,7,9-11,13H2,1-3H3,(H2,21,22,23);1H. The van der Waals surface area contributed by atoms with Gasteiger partial charge >= 0.3 is 0 Å². The number of nitrogens with zero attached hydrogens (tertiary/aromatic N) is 3. The van der Waals surface area contributed by atoms with Crippen molar-refractivity contribution in [2.45, 2.75) is 39.2 Å². The summed E-state index contributed by atoms with van der Waals surface area (Å²) in [7, 11) is 2.25. The summed E-state index contributed by atoms with van der Waals surface area (Å²) < 4.78 is 0. The molecule has 156 valence electrons. The molecule has 2 unspecified atom stereocenters. The molecule has 0 amide bonds. The van der Waals surface area contributed by atoms with Crippen molar-refractivity contribution in [3.63, 3.8) is 0 Å². The molecule has 1 aliphatic rings. The summed E-state index contributed by atoms with van der Waals surface area (Å²) in [5.41, 5.74) is 1.16. The van der Waals surface area contributed by atoms with Crippen molar-refractivity contribution in [2.24, 2.45) is 10.9 Å². The van der Waals surface area contributed by atoms with Gasteiger partial charge in [0, 0.05) is 42.4 Å². The van der Waals surface area contributed by atoms with Gasteiger partial charge < -0.3 is 10.6 Å². The second kappa shape index (κ2) is 12.1. The van der Waals surface area contributed by atoms with E-state index in [9.17, 15) is 0 Å². The van der Waals surface area contributed by atoms with Gasteiger partial charge in [-0.1, -0.05) is 6.07 Å². The summed E-state index contributed by atoms with van der Waals surface area (Å²) in [6.07, 6.45) is 3.43. The first kappa shape index (κ1) is 23.6. The summed E-state index contributed by atoms with van der Waals surface area (Å²) in [4.78, 5) is 13.4. The van der Waals surface area contributed by atoms with Gasteiger partial charge in [-0.3, -0.25) is 9.89 Å². The molecule has 0 aromatic carbocycles. The van der Waals surface area contributed by atoms with Gasteiger partial charge in [0.05, 0.1) is 10.7 Å². The zero-order chi connectivity index (χ0) is 19.1. The summed E-state index contributed by atoms with van der Waals surface area (Å²) in [5.74, 6) is 1.49. The van der Waals surface area contributed by atoms with Gasteiger partial charge in [-0.25, -0.2) is 4.98 Å². The predicted molar refractivity (Wildman–Crippen MR) is 132 cm³/mol. The second-order valence-electron chi connectivity index (χ2n) is 7.10. The van der Waals surface area contributed by atoms with E-state index in [-0.39, 0.29) is 24.0 Å². The molecule has 2 atom stereocenters. The maximum Gasteiger partial charge on any atom is 0.191 e. The number of aliphatic imine (C=N–C) groups is 1. The average Bonchev–Trinajstić information content (AvgIpc) is 3.31. The van der Waals surface area contributed by atoms with Crippen molar-refractivity contribution in [1.29, 1.82) is 0 Å². The lowest BCUT2D eigenvalue weighted by molar-refractivity contribution is 0.128. The highest BCUT2D eigenvalue weighted by Crippen LogP contribution is 2.37. The summed E-state index contributed by atoms with van der Waals surface area (Å²) >= 11 is 3.58. The number of aryl methyl sites for hydroxylation is 1.